The summed E-state index contributed by atoms with van der Waals surface area (Å²) in [7, 11) is 0. The summed E-state index contributed by atoms with van der Waals surface area (Å²) in [5, 5.41) is 4.46. The highest BCUT2D eigenvalue weighted by Crippen LogP contribution is 2.24. The van der Waals surface area contributed by atoms with Gasteiger partial charge >= 0.3 is 0 Å². The minimum Gasteiger partial charge on any atom is -0.244 e. The van der Waals surface area contributed by atoms with Gasteiger partial charge in [0.2, 0.25) is 0 Å². The van der Waals surface area contributed by atoms with Crippen LogP contribution in [0.15, 0.2) is 37.1 Å². The Morgan fingerprint density at radius 3 is 3.00 bits per heavy atom. The monoisotopic (exact) mass is 231 g/mol. The van der Waals surface area contributed by atoms with Gasteiger partial charge in [-0.15, -0.1) is 0 Å². The second-order valence-corrected chi connectivity index (χ2v) is 3.55. The standard InChI is InChI=1S/C10H6ClN5/c11-9-8(2-1-3-12-9)7-4-13-10-14-6-15-16(10)5-7/h1-6H. The Labute approximate surface area is 95.8 Å². The average molecular weight is 232 g/mol. The summed E-state index contributed by atoms with van der Waals surface area (Å²) < 4.78 is 1.60. The third-order valence-electron chi connectivity index (χ3n) is 2.20. The SMILES string of the molecule is Clc1ncccc1-c1cnc2ncnn2c1. The Morgan fingerprint density at radius 2 is 2.12 bits per heavy atom. The molecule has 0 aliphatic heterocycles. The molecule has 0 saturated carbocycles. The summed E-state index contributed by atoms with van der Waals surface area (Å²) in [4.78, 5) is 12.1. The predicted molar refractivity (Wildman–Crippen MR) is 59.0 cm³/mol. The summed E-state index contributed by atoms with van der Waals surface area (Å²) in [6.07, 6.45) is 6.62. The van der Waals surface area contributed by atoms with Crippen molar-refractivity contribution >= 4 is 17.4 Å². The molecule has 0 saturated heterocycles. The molecular weight excluding hydrogens is 226 g/mol. The highest BCUT2D eigenvalue weighted by Gasteiger charge is 2.05. The van der Waals surface area contributed by atoms with E-state index in [1.807, 2.05) is 18.3 Å². The highest BCUT2D eigenvalue weighted by molar-refractivity contribution is 6.32. The number of nitrogens with zero attached hydrogens (tertiary/aromatic N) is 5. The molecule has 0 N–H and O–H groups in total. The van der Waals surface area contributed by atoms with Crippen molar-refractivity contribution in [2.45, 2.75) is 0 Å². The second-order valence-electron chi connectivity index (χ2n) is 3.19. The molecule has 0 aliphatic rings. The summed E-state index contributed by atoms with van der Waals surface area (Å²) in [6, 6.07) is 3.71. The molecule has 0 atom stereocenters. The van der Waals surface area contributed by atoms with Crippen LogP contribution in [0.5, 0.6) is 0 Å². The smallest absolute Gasteiger partial charge is 0.244 e. The summed E-state index contributed by atoms with van der Waals surface area (Å²) >= 11 is 6.00. The van der Waals surface area contributed by atoms with Gasteiger partial charge < -0.3 is 0 Å². The molecule has 0 radical (unpaired) electrons. The van der Waals surface area contributed by atoms with E-state index in [0.29, 0.717) is 10.9 Å². The molecule has 78 valence electrons. The first-order valence-corrected chi connectivity index (χ1v) is 4.99. The quantitative estimate of drug-likeness (QED) is 0.600. The molecule has 0 bridgehead atoms. The van der Waals surface area contributed by atoms with Crippen molar-refractivity contribution in [3.63, 3.8) is 0 Å². The van der Waals surface area contributed by atoms with Crippen molar-refractivity contribution in [1.29, 1.82) is 0 Å². The molecule has 16 heavy (non-hydrogen) atoms. The Kier molecular flexibility index (Phi) is 2.04. The number of halogens is 1. The number of hydrogen-bond donors (Lipinski definition) is 0. The Balaban J connectivity index is 2.22. The van der Waals surface area contributed by atoms with Gasteiger partial charge in [-0.2, -0.15) is 10.1 Å². The Hall–Kier alpha value is -2.01. The largest absolute Gasteiger partial charge is 0.252 e. The van der Waals surface area contributed by atoms with Crippen molar-refractivity contribution in [3.8, 4) is 11.1 Å². The van der Waals surface area contributed by atoms with Gasteiger partial charge in [0.25, 0.3) is 5.78 Å². The topological polar surface area (TPSA) is 56.0 Å². The number of rotatable bonds is 1. The number of pyridine rings is 1. The van der Waals surface area contributed by atoms with E-state index >= 15 is 0 Å². The molecule has 0 fully saturated rings. The normalized spacial score (nSPS) is 10.8. The molecule has 6 heteroatoms. The molecule has 3 rings (SSSR count). The van der Waals surface area contributed by atoms with Crippen LogP contribution in [-0.2, 0) is 0 Å². The van der Waals surface area contributed by atoms with E-state index in [-0.39, 0.29) is 0 Å². The van der Waals surface area contributed by atoms with Gasteiger partial charge in [-0.1, -0.05) is 11.6 Å². The first-order valence-electron chi connectivity index (χ1n) is 4.61. The lowest BCUT2D eigenvalue weighted by Gasteiger charge is -2.02. The minimum atomic E-state index is 0.448. The van der Waals surface area contributed by atoms with Crippen LogP contribution in [0.25, 0.3) is 16.9 Å². The number of fused-ring (bicyclic) bond motifs is 1. The van der Waals surface area contributed by atoms with Crippen molar-refractivity contribution < 1.29 is 0 Å². The van der Waals surface area contributed by atoms with Crippen LogP contribution in [0.4, 0.5) is 0 Å². The molecule has 5 nitrogen and oxygen atoms in total. The van der Waals surface area contributed by atoms with Crippen molar-refractivity contribution in [1.82, 2.24) is 24.6 Å². The van der Waals surface area contributed by atoms with Crippen molar-refractivity contribution in [2.75, 3.05) is 0 Å². The first kappa shape index (κ1) is 9.23. The van der Waals surface area contributed by atoms with Gasteiger partial charge in [0.15, 0.2) is 0 Å². The third-order valence-corrected chi connectivity index (χ3v) is 2.51. The maximum atomic E-state index is 6.00. The van der Waals surface area contributed by atoms with E-state index in [1.165, 1.54) is 6.33 Å². The number of aromatic nitrogens is 5. The van der Waals surface area contributed by atoms with Crippen molar-refractivity contribution in [3.05, 3.63) is 42.2 Å². The molecule has 0 unspecified atom stereocenters. The molecule has 3 heterocycles. The van der Waals surface area contributed by atoms with Crippen molar-refractivity contribution in [2.24, 2.45) is 0 Å². The maximum Gasteiger partial charge on any atom is 0.252 e. The maximum absolute atomic E-state index is 6.00. The highest BCUT2D eigenvalue weighted by atomic mass is 35.5. The number of hydrogen-bond acceptors (Lipinski definition) is 4. The van der Waals surface area contributed by atoms with E-state index in [4.69, 9.17) is 11.6 Å². The van der Waals surface area contributed by atoms with Crippen LogP contribution in [-0.4, -0.2) is 24.6 Å². The zero-order valence-corrected chi connectivity index (χ0v) is 8.83. The summed E-state index contributed by atoms with van der Waals surface area (Å²) in [6.45, 7) is 0. The van der Waals surface area contributed by atoms with Gasteiger partial charge in [0.1, 0.15) is 11.5 Å². The summed E-state index contributed by atoms with van der Waals surface area (Å²) in [5.74, 6) is 0.559. The van der Waals surface area contributed by atoms with Gasteiger partial charge in [0, 0.05) is 29.7 Å². The minimum absolute atomic E-state index is 0.448. The molecule has 0 aliphatic carbocycles. The first-order chi connectivity index (χ1) is 7.84. The van der Waals surface area contributed by atoms with Crippen LogP contribution in [0.1, 0.15) is 0 Å². The molecule has 0 spiro atoms. The van der Waals surface area contributed by atoms with E-state index in [1.54, 1.807) is 16.9 Å². The molecule has 0 aromatic carbocycles. The lowest BCUT2D eigenvalue weighted by Crippen LogP contribution is -1.92. The fraction of sp³-hybridized carbons (Fsp3) is 0. The van der Waals surface area contributed by atoms with E-state index in [0.717, 1.165) is 11.1 Å². The molecular formula is C10H6ClN5. The van der Waals surface area contributed by atoms with E-state index < -0.39 is 0 Å². The predicted octanol–water partition coefficient (Wildman–Crippen LogP) is 1.84. The average Bonchev–Trinajstić information content (AvgIpc) is 2.76. The van der Waals surface area contributed by atoms with Gasteiger partial charge in [0.05, 0.1) is 0 Å². The zero-order valence-electron chi connectivity index (χ0n) is 8.08. The Bertz CT molecular complexity index is 648. The van der Waals surface area contributed by atoms with Crippen LogP contribution in [0.2, 0.25) is 5.15 Å². The fourth-order valence-electron chi connectivity index (χ4n) is 1.46. The van der Waals surface area contributed by atoms with E-state index in [2.05, 4.69) is 20.1 Å². The Morgan fingerprint density at radius 1 is 1.19 bits per heavy atom. The van der Waals surface area contributed by atoms with Crippen LogP contribution in [0.3, 0.4) is 0 Å². The zero-order chi connectivity index (χ0) is 11.0. The fourth-order valence-corrected chi connectivity index (χ4v) is 1.69. The lowest BCUT2D eigenvalue weighted by atomic mass is 10.1. The van der Waals surface area contributed by atoms with Gasteiger partial charge in [-0.05, 0) is 12.1 Å². The third kappa shape index (κ3) is 1.42. The van der Waals surface area contributed by atoms with Gasteiger partial charge in [-0.25, -0.2) is 14.5 Å². The van der Waals surface area contributed by atoms with Crippen LogP contribution < -0.4 is 0 Å². The van der Waals surface area contributed by atoms with Crippen LogP contribution in [0, 0.1) is 0 Å². The molecule has 3 aromatic heterocycles. The summed E-state index contributed by atoms with van der Waals surface area (Å²) in [5.41, 5.74) is 1.69. The van der Waals surface area contributed by atoms with E-state index in [9.17, 15) is 0 Å². The molecule has 3 aromatic rings. The van der Waals surface area contributed by atoms with Crippen LogP contribution >= 0.6 is 11.6 Å². The van der Waals surface area contributed by atoms with Gasteiger partial charge in [-0.3, -0.25) is 0 Å². The lowest BCUT2D eigenvalue weighted by molar-refractivity contribution is 0.941. The second kappa shape index (κ2) is 3.53. The molecule has 0 amide bonds.